The van der Waals surface area contributed by atoms with Crippen LogP contribution in [0.2, 0.25) is 0 Å². The summed E-state index contributed by atoms with van der Waals surface area (Å²) in [5, 5.41) is 9.36. The zero-order chi connectivity index (χ0) is 17.5. The van der Waals surface area contributed by atoms with E-state index in [0.29, 0.717) is 25.1 Å². The van der Waals surface area contributed by atoms with Gasteiger partial charge < -0.3 is 4.74 Å². The van der Waals surface area contributed by atoms with Crippen molar-refractivity contribution in [3.8, 4) is 0 Å². The fourth-order valence-corrected chi connectivity index (χ4v) is 4.14. The molecule has 2 aromatic heterocycles. The van der Waals surface area contributed by atoms with E-state index in [4.69, 9.17) is 9.84 Å². The fraction of sp³-hybridized carbons (Fsp3) is 0.632. The van der Waals surface area contributed by atoms with Gasteiger partial charge in [-0.3, -0.25) is 14.4 Å². The molecule has 1 saturated heterocycles. The van der Waals surface area contributed by atoms with Crippen LogP contribution < -0.4 is 5.56 Å². The summed E-state index contributed by atoms with van der Waals surface area (Å²) in [6.45, 7) is 4.81. The molecule has 1 aliphatic carbocycles. The maximum absolute atomic E-state index is 12.3. The Morgan fingerprint density at radius 3 is 2.92 bits per heavy atom. The van der Waals surface area contributed by atoms with Crippen molar-refractivity contribution in [1.82, 2.24) is 24.5 Å². The van der Waals surface area contributed by atoms with Crippen LogP contribution in [0.5, 0.6) is 0 Å². The van der Waals surface area contributed by atoms with Crippen molar-refractivity contribution in [3.05, 3.63) is 45.6 Å². The van der Waals surface area contributed by atoms with Gasteiger partial charge in [-0.1, -0.05) is 0 Å². The van der Waals surface area contributed by atoms with Crippen molar-refractivity contribution in [1.29, 1.82) is 0 Å². The number of aromatic nitrogens is 4. The molecule has 2 fully saturated rings. The van der Waals surface area contributed by atoms with Crippen LogP contribution in [0.4, 0.5) is 0 Å². The summed E-state index contributed by atoms with van der Waals surface area (Å²) in [7, 11) is 0. The van der Waals surface area contributed by atoms with E-state index in [-0.39, 0.29) is 5.56 Å². The van der Waals surface area contributed by atoms with E-state index in [2.05, 4.69) is 20.7 Å². The van der Waals surface area contributed by atoms with Gasteiger partial charge in [0.15, 0.2) is 0 Å². The molecule has 0 bridgehead atoms. The quantitative estimate of drug-likeness (QED) is 0.813. The smallest absolute Gasteiger partial charge is 0.266 e. The predicted octanol–water partition coefficient (Wildman–Crippen LogP) is 1.51. The number of likely N-dealkylation sites (tertiary alicyclic amines) is 1. The Morgan fingerprint density at radius 1 is 1.15 bits per heavy atom. The molecule has 7 heteroatoms. The minimum Gasteiger partial charge on any atom is -0.373 e. The zero-order valence-corrected chi connectivity index (χ0v) is 15.0. The largest absolute Gasteiger partial charge is 0.373 e. The van der Waals surface area contributed by atoms with Gasteiger partial charge in [0.1, 0.15) is 0 Å². The molecule has 0 aromatic carbocycles. The number of rotatable bonds is 5. The highest BCUT2D eigenvalue weighted by molar-refractivity contribution is 5.13. The molecule has 5 rings (SSSR count). The van der Waals surface area contributed by atoms with E-state index in [9.17, 15) is 4.79 Å². The summed E-state index contributed by atoms with van der Waals surface area (Å²) in [5.74, 6) is 0.570. The second-order valence-electron chi connectivity index (χ2n) is 7.72. The lowest BCUT2D eigenvalue weighted by atomic mass is 10.2. The van der Waals surface area contributed by atoms with Gasteiger partial charge in [0.05, 0.1) is 43.4 Å². The summed E-state index contributed by atoms with van der Waals surface area (Å²) >= 11 is 0. The first kappa shape index (κ1) is 16.2. The Morgan fingerprint density at radius 2 is 2.08 bits per heavy atom. The molecule has 2 aromatic rings. The molecule has 0 N–H and O–H groups in total. The third-order valence-corrected chi connectivity index (χ3v) is 5.74. The molecule has 0 spiro atoms. The highest BCUT2D eigenvalue weighted by Crippen LogP contribution is 2.38. The van der Waals surface area contributed by atoms with E-state index >= 15 is 0 Å². The first-order chi connectivity index (χ1) is 12.8. The van der Waals surface area contributed by atoms with Crippen molar-refractivity contribution >= 4 is 0 Å². The average molecular weight is 355 g/mol. The van der Waals surface area contributed by atoms with E-state index in [1.54, 1.807) is 10.7 Å². The number of hydrogen-bond donors (Lipinski definition) is 0. The van der Waals surface area contributed by atoms with Gasteiger partial charge in [0.2, 0.25) is 0 Å². The van der Waals surface area contributed by atoms with Gasteiger partial charge in [-0.2, -0.15) is 10.2 Å². The van der Waals surface area contributed by atoms with E-state index in [0.717, 1.165) is 49.7 Å². The minimum atomic E-state index is 0.0101. The van der Waals surface area contributed by atoms with Crippen LogP contribution in [0, 0.1) is 0 Å². The summed E-state index contributed by atoms with van der Waals surface area (Å²) in [6, 6.07) is 6.10. The summed E-state index contributed by atoms with van der Waals surface area (Å²) in [4.78, 5) is 14.7. The molecule has 1 unspecified atom stereocenters. The first-order valence-electron chi connectivity index (χ1n) is 9.72. The lowest BCUT2D eigenvalue weighted by Crippen LogP contribution is -2.37. The second-order valence-corrected chi connectivity index (χ2v) is 7.72. The monoisotopic (exact) mass is 355 g/mol. The van der Waals surface area contributed by atoms with Crippen molar-refractivity contribution in [2.24, 2.45) is 0 Å². The van der Waals surface area contributed by atoms with Gasteiger partial charge in [0, 0.05) is 24.6 Å². The lowest BCUT2D eigenvalue weighted by molar-refractivity contribution is 0.0799. The van der Waals surface area contributed by atoms with Crippen molar-refractivity contribution < 1.29 is 4.74 Å². The standard InChI is InChI=1S/C19H25N5O2/c25-19-6-5-18(14-3-4-14)21-24(19)12-16-2-1-7-22(16)11-15-10-17-13-26-9-8-23(17)20-15/h5-6,10,14,16H,1-4,7-9,11-13H2. The molecule has 7 nitrogen and oxygen atoms in total. The second kappa shape index (κ2) is 6.63. The Kier molecular flexibility index (Phi) is 4.13. The molecule has 2 aliphatic heterocycles. The van der Waals surface area contributed by atoms with Gasteiger partial charge in [0.25, 0.3) is 5.56 Å². The van der Waals surface area contributed by atoms with E-state index < -0.39 is 0 Å². The van der Waals surface area contributed by atoms with Crippen LogP contribution in [0.3, 0.4) is 0 Å². The fourth-order valence-electron chi connectivity index (χ4n) is 4.14. The molecule has 26 heavy (non-hydrogen) atoms. The Balaban J connectivity index is 1.30. The SMILES string of the molecule is O=c1ccc(C2CC2)nn1CC1CCCN1Cc1cc2n(n1)CCOC2. The maximum Gasteiger partial charge on any atom is 0.266 e. The highest BCUT2D eigenvalue weighted by atomic mass is 16.5. The lowest BCUT2D eigenvalue weighted by Gasteiger charge is -2.23. The van der Waals surface area contributed by atoms with Crippen molar-refractivity contribution in [2.75, 3.05) is 13.2 Å². The molecular formula is C19H25N5O2. The topological polar surface area (TPSA) is 65.2 Å². The Labute approximate surface area is 152 Å². The van der Waals surface area contributed by atoms with E-state index in [1.165, 1.54) is 19.3 Å². The minimum absolute atomic E-state index is 0.0101. The Hall–Kier alpha value is -1.99. The average Bonchev–Trinajstić information content (AvgIpc) is 3.28. The van der Waals surface area contributed by atoms with Gasteiger partial charge in [-0.25, -0.2) is 4.68 Å². The van der Waals surface area contributed by atoms with Crippen LogP contribution in [0.25, 0.3) is 0 Å². The highest BCUT2D eigenvalue weighted by Gasteiger charge is 2.29. The van der Waals surface area contributed by atoms with Crippen LogP contribution in [-0.4, -0.2) is 43.7 Å². The van der Waals surface area contributed by atoms with E-state index in [1.807, 2.05) is 6.07 Å². The number of nitrogens with zero attached hydrogens (tertiary/aromatic N) is 5. The molecule has 0 radical (unpaired) electrons. The van der Waals surface area contributed by atoms with Crippen LogP contribution >= 0.6 is 0 Å². The van der Waals surface area contributed by atoms with Crippen molar-refractivity contribution in [2.45, 2.75) is 63.9 Å². The molecule has 0 amide bonds. The first-order valence-corrected chi connectivity index (χ1v) is 9.72. The maximum atomic E-state index is 12.3. The van der Waals surface area contributed by atoms with Crippen molar-refractivity contribution in [3.63, 3.8) is 0 Å². The molecule has 4 heterocycles. The molecule has 1 saturated carbocycles. The molecule has 1 atom stereocenters. The summed E-state index contributed by atoms with van der Waals surface area (Å²) < 4.78 is 9.26. The molecular weight excluding hydrogens is 330 g/mol. The molecule has 3 aliphatic rings. The molecule has 138 valence electrons. The summed E-state index contributed by atoms with van der Waals surface area (Å²) in [5.41, 5.74) is 3.35. The van der Waals surface area contributed by atoms with Crippen LogP contribution in [-0.2, 0) is 31.0 Å². The number of ether oxygens (including phenoxy) is 1. The van der Waals surface area contributed by atoms with Crippen LogP contribution in [0.15, 0.2) is 23.0 Å². The van der Waals surface area contributed by atoms with Gasteiger partial charge >= 0.3 is 0 Å². The van der Waals surface area contributed by atoms with Gasteiger partial charge in [-0.15, -0.1) is 0 Å². The predicted molar refractivity (Wildman–Crippen MR) is 95.8 cm³/mol. The van der Waals surface area contributed by atoms with Gasteiger partial charge in [-0.05, 0) is 44.4 Å². The Bertz CT molecular complexity index is 830. The zero-order valence-electron chi connectivity index (χ0n) is 15.0. The number of fused-ring (bicyclic) bond motifs is 1. The third kappa shape index (κ3) is 3.21. The third-order valence-electron chi connectivity index (χ3n) is 5.74. The number of hydrogen-bond acceptors (Lipinski definition) is 5. The normalized spacial score (nSPS) is 23.3. The van der Waals surface area contributed by atoms with Crippen LogP contribution in [0.1, 0.15) is 48.7 Å². The summed E-state index contributed by atoms with van der Waals surface area (Å²) in [6.07, 6.45) is 4.68.